The summed E-state index contributed by atoms with van der Waals surface area (Å²) >= 11 is 3.80. The summed E-state index contributed by atoms with van der Waals surface area (Å²) in [6, 6.07) is 4.19. The SMILES string of the molecule is Cc1cc(OC(C)C2CC2)cc2nc(C34COC(C)(C3)C4)c(Br)n12. The van der Waals surface area contributed by atoms with Gasteiger partial charge in [-0.05, 0) is 74.4 Å². The monoisotopic (exact) mass is 390 g/mol. The molecule has 2 aliphatic carbocycles. The Kier molecular flexibility index (Phi) is 3.02. The van der Waals surface area contributed by atoms with E-state index in [9.17, 15) is 0 Å². The van der Waals surface area contributed by atoms with Gasteiger partial charge in [0.05, 0.1) is 24.0 Å². The Morgan fingerprint density at radius 2 is 2.12 bits per heavy atom. The number of imidazole rings is 1. The van der Waals surface area contributed by atoms with Crippen LogP contribution in [0.25, 0.3) is 5.65 Å². The molecule has 5 heteroatoms. The average molecular weight is 391 g/mol. The van der Waals surface area contributed by atoms with Crippen molar-refractivity contribution >= 4 is 21.6 Å². The summed E-state index contributed by atoms with van der Waals surface area (Å²) in [6.45, 7) is 7.28. The minimum Gasteiger partial charge on any atom is -0.490 e. The quantitative estimate of drug-likeness (QED) is 0.775. The zero-order valence-electron chi connectivity index (χ0n) is 14.4. The first-order valence-electron chi connectivity index (χ1n) is 8.89. The van der Waals surface area contributed by atoms with E-state index in [-0.39, 0.29) is 11.0 Å². The zero-order valence-corrected chi connectivity index (χ0v) is 16.0. The van der Waals surface area contributed by atoms with Gasteiger partial charge in [-0.1, -0.05) is 0 Å². The van der Waals surface area contributed by atoms with Crippen molar-refractivity contribution in [2.75, 3.05) is 6.61 Å². The van der Waals surface area contributed by atoms with Crippen molar-refractivity contribution in [3.8, 4) is 5.75 Å². The lowest BCUT2D eigenvalue weighted by Crippen LogP contribution is -2.45. The second kappa shape index (κ2) is 4.76. The number of fused-ring (bicyclic) bond motifs is 2. The molecule has 2 saturated heterocycles. The number of aryl methyl sites for hydroxylation is 1. The largest absolute Gasteiger partial charge is 0.490 e. The maximum absolute atomic E-state index is 6.16. The van der Waals surface area contributed by atoms with E-state index in [1.807, 2.05) is 0 Å². The molecule has 1 atom stereocenters. The number of ether oxygens (including phenoxy) is 2. The van der Waals surface area contributed by atoms with Crippen LogP contribution in [-0.2, 0) is 10.2 Å². The van der Waals surface area contributed by atoms with Crippen LogP contribution in [0.2, 0.25) is 0 Å². The molecule has 2 aliphatic heterocycles. The van der Waals surface area contributed by atoms with E-state index < -0.39 is 0 Å². The third kappa shape index (κ3) is 2.10. The van der Waals surface area contributed by atoms with Crippen LogP contribution in [0.15, 0.2) is 16.7 Å². The first kappa shape index (κ1) is 15.2. The van der Waals surface area contributed by atoms with Gasteiger partial charge in [0.15, 0.2) is 0 Å². The minimum absolute atomic E-state index is 0.0677. The zero-order chi connectivity index (χ0) is 16.7. The fraction of sp³-hybridized carbons (Fsp3) is 0.632. The molecule has 4 aliphatic rings. The first-order chi connectivity index (χ1) is 11.4. The molecule has 0 radical (unpaired) electrons. The van der Waals surface area contributed by atoms with Crippen molar-refractivity contribution in [1.82, 2.24) is 9.38 Å². The summed E-state index contributed by atoms with van der Waals surface area (Å²) in [4.78, 5) is 4.98. The van der Waals surface area contributed by atoms with E-state index in [2.05, 4.69) is 53.2 Å². The van der Waals surface area contributed by atoms with Crippen LogP contribution in [0.5, 0.6) is 5.75 Å². The van der Waals surface area contributed by atoms with E-state index in [4.69, 9.17) is 14.5 Å². The Bertz CT molecular complexity index is 833. The molecule has 0 amide bonds. The van der Waals surface area contributed by atoms with E-state index in [1.54, 1.807) is 0 Å². The molecule has 2 bridgehead atoms. The molecule has 24 heavy (non-hydrogen) atoms. The third-order valence-corrected chi connectivity index (χ3v) is 6.78. The molecule has 4 fully saturated rings. The molecule has 1 unspecified atom stereocenters. The lowest BCUT2D eigenvalue weighted by atomic mass is 9.62. The van der Waals surface area contributed by atoms with Gasteiger partial charge in [-0.15, -0.1) is 0 Å². The van der Waals surface area contributed by atoms with Gasteiger partial charge in [0.2, 0.25) is 0 Å². The molecule has 2 aromatic heterocycles. The van der Waals surface area contributed by atoms with Crippen LogP contribution in [-0.4, -0.2) is 27.7 Å². The standard InChI is InChI=1S/C19H23BrN2O2/c1-11-6-14(24-12(2)13-4-5-13)7-15-21-16(17(20)22(11)15)19-8-18(3,9-19)23-10-19/h6-7,12-13H,4-5,8-10H2,1-3H3. The van der Waals surface area contributed by atoms with Crippen molar-refractivity contribution in [3.63, 3.8) is 0 Å². The van der Waals surface area contributed by atoms with Crippen LogP contribution < -0.4 is 4.74 Å². The lowest BCUT2D eigenvalue weighted by molar-refractivity contribution is 0.0153. The van der Waals surface area contributed by atoms with Crippen LogP contribution in [0, 0.1) is 12.8 Å². The topological polar surface area (TPSA) is 35.8 Å². The van der Waals surface area contributed by atoms with E-state index in [0.717, 1.165) is 52.8 Å². The number of hydrogen-bond donors (Lipinski definition) is 0. The highest BCUT2D eigenvalue weighted by atomic mass is 79.9. The Balaban J connectivity index is 1.54. The van der Waals surface area contributed by atoms with Gasteiger partial charge >= 0.3 is 0 Å². The first-order valence-corrected chi connectivity index (χ1v) is 9.68. The summed E-state index contributed by atoms with van der Waals surface area (Å²) in [6.07, 6.45) is 5.03. The average Bonchev–Trinajstić information content (AvgIpc) is 3.12. The molecular weight excluding hydrogens is 368 g/mol. The Labute approximate surface area is 150 Å². The number of nitrogens with zero attached hydrogens (tertiary/aromatic N) is 2. The summed E-state index contributed by atoms with van der Waals surface area (Å²) in [5.74, 6) is 1.66. The third-order valence-electron chi connectivity index (χ3n) is 6.05. The molecular formula is C19H23BrN2O2. The fourth-order valence-corrected chi connectivity index (χ4v) is 5.67. The summed E-state index contributed by atoms with van der Waals surface area (Å²) in [7, 11) is 0. The Morgan fingerprint density at radius 3 is 2.75 bits per heavy atom. The van der Waals surface area contributed by atoms with Crippen molar-refractivity contribution in [3.05, 3.63) is 28.1 Å². The van der Waals surface area contributed by atoms with E-state index in [1.165, 1.54) is 12.8 Å². The predicted molar refractivity (Wildman–Crippen MR) is 95.7 cm³/mol. The van der Waals surface area contributed by atoms with Gasteiger partial charge in [0.1, 0.15) is 16.0 Å². The van der Waals surface area contributed by atoms with E-state index in [0.29, 0.717) is 6.10 Å². The maximum atomic E-state index is 6.16. The van der Waals surface area contributed by atoms with Crippen molar-refractivity contribution in [2.24, 2.45) is 5.92 Å². The molecule has 0 spiro atoms. The number of hydrogen-bond acceptors (Lipinski definition) is 3. The van der Waals surface area contributed by atoms with Crippen LogP contribution in [0.4, 0.5) is 0 Å². The second-order valence-electron chi connectivity index (χ2n) is 8.31. The summed E-state index contributed by atoms with van der Waals surface area (Å²) < 4.78 is 15.4. The minimum atomic E-state index is 0.0677. The van der Waals surface area contributed by atoms with Crippen LogP contribution in [0.3, 0.4) is 0 Å². The lowest BCUT2D eigenvalue weighted by Gasteiger charge is -2.41. The Hall–Kier alpha value is -1.07. The van der Waals surface area contributed by atoms with Crippen molar-refractivity contribution in [2.45, 2.75) is 63.6 Å². The van der Waals surface area contributed by atoms with Gasteiger partial charge in [-0.25, -0.2) is 4.98 Å². The van der Waals surface area contributed by atoms with Crippen LogP contribution in [0.1, 0.15) is 50.9 Å². The predicted octanol–water partition coefficient (Wildman–Crippen LogP) is 4.40. The molecule has 4 heterocycles. The van der Waals surface area contributed by atoms with Gasteiger partial charge < -0.3 is 9.47 Å². The molecule has 128 valence electrons. The van der Waals surface area contributed by atoms with Gasteiger partial charge in [-0.2, -0.15) is 0 Å². The molecule has 0 N–H and O–H groups in total. The summed E-state index contributed by atoms with van der Waals surface area (Å²) in [5, 5.41) is 0. The van der Waals surface area contributed by atoms with Gasteiger partial charge in [0.25, 0.3) is 0 Å². The van der Waals surface area contributed by atoms with Crippen molar-refractivity contribution in [1.29, 1.82) is 0 Å². The highest BCUT2D eigenvalue weighted by Gasteiger charge is 2.62. The maximum Gasteiger partial charge on any atom is 0.141 e. The number of rotatable bonds is 4. The highest BCUT2D eigenvalue weighted by Crippen LogP contribution is 2.59. The normalized spacial score (nSPS) is 32.8. The number of aromatic nitrogens is 2. The smallest absolute Gasteiger partial charge is 0.141 e. The molecule has 2 saturated carbocycles. The second-order valence-corrected chi connectivity index (χ2v) is 9.06. The highest BCUT2D eigenvalue weighted by molar-refractivity contribution is 9.10. The van der Waals surface area contributed by atoms with Gasteiger partial charge in [0, 0.05) is 17.2 Å². The number of pyridine rings is 1. The molecule has 0 aromatic carbocycles. The van der Waals surface area contributed by atoms with Gasteiger partial charge in [-0.3, -0.25) is 4.40 Å². The summed E-state index contributed by atoms with van der Waals surface area (Å²) in [5.41, 5.74) is 3.42. The Morgan fingerprint density at radius 1 is 1.38 bits per heavy atom. The van der Waals surface area contributed by atoms with Crippen molar-refractivity contribution < 1.29 is 9.47 Å². The molecule has 6 rings (SSSR count). The molecule has 2 aromatic rings. The fourth-order valence-electron chi connectivity index (χ4n) is 4.70. The molecule has 4 nitrogen and oxygen atoms in total. The van der Waals surface area contributed by atoms with E-state index >= 15 is 0 Å². The number of halogens is 1. The van der Waals surface area contributed by atoms with Crippen LogP contribution >= 0.6 is 15.9 Å².